The highest BCUT2D eigenvalue weighted by Gasteiger charge is 2.62. The third-order valence-corrected chi connectivity index (χ3v) is 6.58. The van der Waals surface area contributed by atoms with Gasteiger partial charge in [-0.15, -0.1) is 0 Å². The van der Waals surface area contributed by atoms with Crippen LogP contribution < -0.4 is 0 Å². The summed E-state index contributed by atoms with van der Waals surface area (Å²) in [4.78, 5) is 5.48. The Labute approximate surface area is 145 Å². The van der Waals surface area contributed by atoms with E-state index in [2.05, 4.69) is 84.3 Å². The van der Waals surface area contributed by atoms with Crippen LogP contribution in [0.25, 0.3) is 0 Å². The van der Waals surface area contributed by atoms with Gasteiger partial charge in [-0.3, -0.25) is 9.80 Å². The third-order valence-electron chi connectivity index (χ3n) is 6.58. The highest BCUT2D eigenvalue weighted by Crippen LogP contribution is 2.63. The van der Waals surface area contributed by atoms with Crippen LogP contribution in [-0.2, 0) is 0 Å². The van der Waals surface area contributed by atoms with Crippen molar-refractivity contribution < 1.29 is 0 Å². The van der Waals surface area contributed by atoms with E-state index < -0.39 is 0 Å². The van der Waals surface area contributed by atoms with Gasteiger partial charge >= 0.3 is 0 Å². The Balaban J connectivity index is 1.55. The van der Waals surface area contributed by atoms with Gasteiger partial charge in [0.05, 0.1) is 6.67 Å². The molecule has 6 atom stereocenters. The van der Waals surface area contributed by atoms with E-state index in [1.165, 1.54) is 30.6 Å². The van der Waals surface area contributed by atoms with E-state index >= 15 is 0 Å². The topological polar surface area (TPSA) is 6.48 Å². The monoisotopic (exact) mass is 318 g/mol. The van der Waals surface area contributed by atoms with Gasteiger partial charge in [-0.05, 0) is 17.5 Å². The van der Waals surface area contributed by atoms with Crippen molar-refractivity contribution in [2.24, 2.45) is 10.8 Å². The first-order valence-electron chi connectivity index (χ1n) is 9.17. The van der Waals surface area contributed by atoms with Crippen LogP contribution >= 0.6 is 0 Å². The number of benzene rings is 2. The van der Waals surface area contributed by atoms with Crippen LogP contribution in [0.5, 0.6) is 0 Å². The molecule has 2 aromatic rings. The lowest BCUT2D eigenvalue weighted by Crippen LogP contribution is -2.71. The molecule has 0 spiro atoms. The average Bonchev–Trinajstić information content (AvgIpc) is 2.54. The predicted molar refractivity (Wildman–Crippen MR) is 97.5 cm³/mol. The SMILES string of the molecule is C[C@]12CN3CN(C[C@@](C)(C1)[C@@H]3c1ccccc1)[C@H]2c1ccccc1. The molecule has 24 heavy (non-hydrogen) atoms. The molecule has 4 aliphatic rings. The standard InChI is InChI=1S/C22H26N2/c1-21-13-22(2)15-24(19(21)17-9-5-3-6-10-17)16-23(14-21)20(22)18-11-7-4-8-12-18/h3-12,19-20H,13-16H2,1-2H3/t19-,20-,21+,22+/m0/s1. The Morgan fingerprint density at radius 3 is 1.50 bits per heavy atom. The number of hydrogen-bond acceptors (Lipinski definition) is 2. The number of nitrogens with zero attached hydrogens (tertiary/aromatic N) is 2. The van der Waals surface area contributed by atoms with Crippen LogP contribution in [-0.4, -0.2) is 29.6 Å². The number of piperidine rings is 2. The second-order valence-electron chi connectivity index (χ2n) is 8.75. The minimum Gasteiger partial charge on any atom is -0.282 e. The maximum absolute atomic E-state index is 2.74. The fourth-order valence-corrected chi connectivity index (χ4v) is 6.39. The van der Waals surface area contributed by atoms with Gasteiger partial charge in [-0.25, -0.2) is 0 Å². The van der Waals surface area contributed by atoms with Crippen molar-refractivity contribution in [3.05, 3.63) is 71.8 Å². The molecular weight excluding hydrogens is 292 g/mol. The first kappa shape index (κ1) is 14.7. The normalized spacial score (nSPS) is 43.1. The quantitative estimate of drug-likeness (QED) is 0.806. The molecule has 124 valence electrons. The Kier molecular flexibility index (Phi) is 3.02. The van der Waals surface area contributed by atoms with Crippen LogP contribution in [0.15, 0.2) is 60.7 Å². The molecule has 4 heterocycles. The lowest BCUT2D eigenvalue weighted by Gasteiger charge is -2.69. The summed E-state index contributed by atoms with van der Waals surface area (Å²) in [6.07, 6.45) is 1.31. The van der Waals surface area contributed by atoms with Gasteiger partial charge in [-0.2, -0.15) is 0 Å². The molecule has 0 aromatic heterocycles. The average molecular weight is 318 g/mol. The third kappa shape index (κ3) is 1.96. The zero-order valence-electron chi connectivity index (χ0n) is 14.7. The molecule has 0 saturated carbocycles. The Morgan fingerprint density at radius 1 is 0.708 bits per heavy atom. The Hall–Kier alpha value is -1.64. The summed E-state index contributed by atoms with van der Waals surface area (Å²) in [7, 11) is 0. The van der Waals surface area contributed by atoms with Gasteiger partial charge < -0.3 is 0 Å². The molecule has 2 nitrogen and oxygen atoms in total. The molecule has 0 N–H and O–H groups in total. The van der Waals surface area contributed by atoms with Crippen molar-refractivity contribution in [3.63, 3.8) is 0 Å². The van der Waals surface area contributed by atoms with Crippen LogP contribution in [0.3, 0.4) is 0 Å². The maximum Gasteiger partial charge on any atom is 0.0518 e. The smallest absolute Gasteiger partial charge is 0.0518 e. The first-order valence-corrected chi connectivity index (χ1v) is 9.17. The molecule has 0 amide bonds. The summed E-state index contributed by atoms with van der Waals surface area (Å²) >= 11 is 0. The molecular formula is C22H26N2. The van der Waals surface area contributed by atoms with Crippen LogP contribution in [0.4, 0.5) is 0 Å². The molecule has 6 rings (SSSR count). The highest BCUT2D eigenvalue weighted by molar-refractivity contribution is 5.30. The van der Waals surface area contributed by atoms with E-state index in [0.717, 1.165) is 6.67 Å². The highest BCUT2D eigenvalue weighted by atomic mass is 15.4. The van der Waals surface area contributed by atoms with Gasteiger partial charge in [0.1, 0.15) is 0 Å². The molecule has 4 aliphatic heterocycles. The second-order valence-corrected chi connectivity index (χ2v) is 8.75. The fourth-order valence-electron chi connectivity index (χ4n) is 6.39. The van der Waals surface area contributed by atoms with E-state index in [4.69, 9.17) is 0 Å². The van der Waals surface area contributed by atoms with Gasteiger partial charge in [0.2, 0.25) is 0 Å². The Bertz CT molecular complexity index is 680. The van der Waals surface area contributed by atoms with E-state index in [9.17, 15) is 0 Å². The fraction of sp³-hybridized carbons (Fsp3) is 0.455. The molecule has 0 aliphatic carbocycles. The van der Waals surface area contributed by atoms with Crippen molar-refractivity contribution in [2.75, 3.05) is 19.8 Å². The zero-order valence-corrected chi connectivity index (χ0v) is 14.7. The van der Waals surface area contributed by atoms with Crippen molar-refractivity contribution >= 4 is 0 Å². The van der Waals surface area contributed by atoms with Crippen molar-refractivity contribution in [1.29, 1.82) is 0 Å². The summed E-state index contributed by atoms with van der Waals surface area (Å²) in [6, 6.07) is 23.5. The number of rotatable bonds is 2. The molecule has 0 radical (unpaired) electrons. The van der Waals surface area contributed by atoms with E-state index in [1.807, 2.05) is 0 Å². The lowest BCUT2D eigenvalue weighted by molar-refractivity contribution is -0.223. The molecule has 4 saturated heterocycles. The van der Waals surface area contributed by atoms with Gasteiger partial charge in [-0.1, -0.05) is 74.5 Å². The predicted octanol–water partition coefficient (Wildman–Crippen LogP) is 4.47. The molecule has 4 fully saturated rings. The summed E-state index contributed by atoms with van der Waals surface area (Å²) in [6.45, 7) is 8.55. The van der Waals surface area contributed by atoms with E-state index in [-0.39, 0.29) is 0 Å². The Morgan fingerprint density at radius 2 is 1.12 bits per heavy atom. The first-order chi connectivity index (χ1) is 11.6. The molecule has 2 heteroatoms. The zero-order chi connectivity index (χ0) is 16.4. The number of hydrogen-bond donors (Lipinski definition) is 0. The summed E-state index contributed by atoms with van der Waals surface area (Å²) in [5.41, 5.74) is 3.69. The molecule has 4 bridgehead atoms. The van der Waals surface area contributed by atoms with Crippen LogP contribution in [0, 0.1) is 10.8 Å². The second kappa shape index (κ2) is 4.93. The maximum atomic E-state index is 2.74. The van der Waals surface area contributed by atoms with Gasteiger partial charge in [0.15, 0.2) is 0 Å². The van der Waals surface area contributed by atoms with Gasteiger partial charge in [0, 0.05) is 36.0 Å². The summed E-state index contributed by atoms with van der Waals surface area (Å²) in [5, 5.41) is 0. The largest absolute Gasteiger partial charge is 0.282 e. The molecule has 2 unspecified atom stereocenters. The van der Waals surface area contributed by atoms with E-state index in [1.54, 1.807) is 0 Å². The van der Waals surface area contributed by atoms with Gasteiger partial charge in [0.25, 0.3) is 0 Å². The molecule has 2 aromatic carbocycles. The van der Waals surface area contributed by atoms with Crippen molar-refractivity contribution in [2.45, 2.75) is 32.4 Å². The lowest BCUT2D eigenvalue weighted by atomic mass is 9.55. The minimum absolute atomic E-state index is 0.345. The minimum atomic E-state index is 0.345. The van der Waals surface area contributed by atoms with Crippen LogP contribution in [0.1, 0.15) is 43.5 Å². The summed E-state index contributed by atoms with van der Waals surface area (Å²) in [5.74, 6) is 0. The van der Waals surface area contributed by atoms with E-state index in [0.29, 0.717) is 22.9 Å². The van der Waals surface area contributed by atoms with Crippen LogP contribution in [0.2, 0.25) is 0 Å². The van der Waals surface area contributed by atoms with Crippen molar-refractivity contribution in [3.8, 4) is 0 Å². The van der Waals surface area contributed by atoms with Crippen molar-refractivity contribution in [1.82, 2.24) is 9.80 Å². The summed E-state index contributed by atoms with van der Waals surface area (Å²) < 4.78 is 0.